The van der Waals surface area contributed by atoms with E-state index in [2.05, 4.69) is 0 Å². The quantitative estimate of drug-likeness (QED) is 0.716. The molecule has 0 unspecified atom stereocenters. The lowest BCUT2D eigenvalue weighted by atomic mass is 10.0. The Labute approximate surface area is 94.7 Å². The Morgan fingerprint density at radius 2 is 2.06 bits per heavy atom. The first-order valence-corrected chi connectivity index (χ1v) is 5.18. The van der Waals surface area contributed by atoms with Crippen molar-refractivity contribution in [2.24, 2.45) is 0 Å². The Morgan fingerprint density at radius 1 is 1.31 bits per heavy atom. The van der Waals surface area contributed by atoms with E-state index in [-0.39, 0.29) is 0 Å². The molecule has 0 fully saturated rings. The van der Waals surface area contributed by atoms with Gasteiger partial charge in [0.25, 0.3) is 0 Å². The van der Waals surface area contributed by atoms with Gasteiger partial charge in [0.15, 0.2) is 6.29 Å². The second kappa shape index (κ2) is 4.10. The summed E-state index contributed by atoms with van der Waals surface area (Å²) in [4.78, 5) is 10.9. The van der Waals surface area contributed by atoms with Crippen molar-refractivity contribution in [2.75, 3.05) is 6.61 Å². The van der Waals surface area contributed by atoms with E-state index in [1.54, 1.807) is 12.3 Å². The molecule has 0 amide bonds. The molecule has 0 bridgehead atoms. The summed E-state index contributed by atoms with van der Waals surface area (Å²) >= 11 is 0. The monoisotopic (exact) mass is 218 g/mol. The van der Waals surface area contributed by atoms with Gasteiger partial charge in [0.2, 0.25) is 5.79 Å². The van der Waals surface area contributed by atoms with Gasteiger partial charge < -0.3 is 9.47 Å². The minimum atomic E-state index is -0.584. The van der Waals surface area contributed by atoms with E-state index in [0.717, 1.165) is 17.4 Å². The van der Waals surface area contributed by atoms with Crippen molar-refractivity contribution in [3.05, 3.63) is 41.7 Å². The second-order valence-corrected chi connectivity index (χ2v) is 4.15. The van der Waals surface area contributed by atoms with E-state index < -0.39 is 5.79 Å². The molecule has 3 nitrogen and oxygen atoms in total. The molecule has 1 aromatic carbocycles. The maximum atomic E-state index is 10.9. The Hall–Kier alpha value is -1.61. The fourth-order valence-electron chi connectivity index (χ4n) is 1.57. The van der Waals surface area contributed by atoms with E-state index in [9.17, 15) is 4.79 Å². The lowest BCUT2D eigenvalue weighted by molar-refractivity contribution is -0.182. The van der Waals surface area contributed by atoms with Crippen LogP contribution in [0.5, 0.6) is 0 Å². The first kappa shape index (κ1) is 10.9. The Morgan fingerprint density at radius 3 is 2.69 bits per heavy atom. The standard InChI is InChI=1S/C13H14O3/c1-13(2)15-8-11(9-16-13)12-6-4-3-5-10(12)7-14/h3-8H,9H2,1-2H3. The molecule has 0 atom stereocenters. The molecule has 0 radical (unpaired) electrons. The molecule has 0 saturated carbocycles. The largest absolute Gasteiger partial charge is 0.470 e. The highest BCUT2D eigenvalue weighted by Gasteiger charge is 2.24. The summed E-state index contributed by atoms with van der Waals surface area (Å²) in [6, 6.07) is 7.40. The number of hydrogen-bond donors (Lipinski definition) is 0. The van der Waals surface area contributed by atoms with E-state index in [0.29, 0.717) is 12.2 Å². The number of benzene rings is 1. The van der Waals surface area contributed by atoms with Crippen LogP contribution >= 0.6 is 0 Å². The summed E-state index contributed by atoms with van der Waals surface area (Å²) in [6.07, 6.45) is 2.52. The van der Waals surface area contributed by atoms with Crippen LogP contribution in [0.25, 0.3) is 5.57 Å². The predicted molar refractivity (Wildman–Crippen MR) is 60.9 cm³/mol. The van der Waals surface area contributed by atoms with Crippen LogP contribution in [-0.2, 0) is 9.47 Å². The first-order chi connectivity index (χ1) is 7.62. The Bertz CT molecular complexity index is 433. The van der Waals surface area contributed by atoms with Gasteiger partial charge >= 0.3 is 0 Å². The van der Waals surface area contributed by atoms with E-state index in [1.165, 1.54) is 0 Å². The molecule has 0 spiro atoms. The Kier molecular flexibility index (Phi) is 2.79. The number of ether oxygens (including phenoxy) is 2. The van der Waals surface area contributed by atoms with Crippen molar-refractivity contribution in [3.8, 4) is 0 Å². The molecule has 0 saturated heterocycles. The average Bonchev–Trinajstić information content (AvgIpc) is 2.29. The summed E-state index contributed by atoms with van der Waals surface area (Å²) in [6.45, 7) is 4.16. The summed E-state index contributed by atoms with van der Waals surface area (Å²) in [5, 5.41) is 0. The van der Waals surface area contributed by atoms with Gasteiger partial charge in [-0.3, -0.25) is 4.79 Å². The highest BCUT2D eigenvalue weighted by Crippen LogP contribution is 2.26. The van der Waals surface area contributed by atoms with Crippen LogP contribution < -0.4 is 0 Å². The third kappa shape index (κ3) is 2.14. The van der Waals surface area contributed by atoms with Crippen LogP contribution in [0.1, 0.15) is 29.8 Å². The van der Waals surface area contributed by atoms with Gasteiger partial charge in [-0.1, -0.05) is 24.3 Å². The lowest BCUT2D eigenvalue weighted by Gasteiger charge is -2.30. The lowest BCUT2D eigenvalue weighted by Crippen LogP contribution is -2.30. The van der Waals surface area contributed by atoms with Crippen LogP contribution in [0.4, 0.5) is 0 Å². The van der Waals surface area contributed by atoms with Gasteiger partial charge in [0, 0.05) is 25.0 Å². The van der Waals surface area contributed by atoms with Crippen LogP contribution in [0.2, 0.25) is 0 Å². The third-order valence-corrected chi connectivity index (χ3v) is 2.49. The van der Waals surface area contributed by atoms with Crippen molar-refractivity contribution < 1.29 is 14.3 Å². The van der Waals surface area contributed by atoms with Gasteiger partial charge in [-0.2, -0.15) is 0 Å². The summed E-state index contributed by atoms with van der Waals surface area (Å²) in [5.74, 6) is -0.584. The third-order valence-electron chi connectivity index (χ3n) is 2.49. The predicted octanol–water partition coefficient (Wildman–Crippen LogP) is 2.62. The zero-order chi connectivity index (χ0) is 11.6. The molecule has 0 N–H and O–H groups in total. The van der Waals surface area contributed by atoms with E-state index >= 15 is 0 Å². The zero-order valence-corrected chi connectivity index (χ0v) is 9.40. The second-order valence-electron chi connectivity index (χ2n) is 4.15. The number of rotatable bonds is 2. The molecule has 1 aliphatic heterocycles. The van der Waals surface area contributed by atoms with E-state index in [1.807, 2.05) is 32.0 Å². The molecule has 0 aromatic heterocycles. The van der Waals surface area contributed by atoms with Crippen LogP contribution in [0.3, 0.4) is 0 Å². The molecule has 2 rings (SSSR count). The Balaban J connectivity index is 2.32. The topological polar surface area (TPSA) is 35.5 Å². The molecule has 0 aliphatic carbocycles. The van der Waals surface area contributed by atoms with Crippen molar-refractivity contribution >= 4 is 11.9 Å². The highest BCUT2D eigenvalue weighted by molar-refractivity contribution is 5.85. The summed E-state index contributed by atoms with van der Waals surface area (Å²) < 4.78 is 11.0. The smallest absolute Gasteiger partial charge is 0.204 e. The zero-order valence-electron chi connectivity index (χ0n) is 9.40. The van der Waals surface area contributed by atoms with Gasteiger partial charge in [-0.25, -0.2) is 0 Å². The molecular weight excluding hydrogens is 204 g/mol. The van der Waals surface area contributed by atoms with Gasteiger partial charge in [-0.15, -0.1) is 0 Å². The molecule has 1 aromatic rings. The van der Waals surface area contributed by atoms with Crippen molar-refractivity contribution in [3.63, 3.8) is 0 Å². The van der Waals surface area contributed by atoms with Gasteiger partial charge in [-0.05, 0) is 5.56 Å². The van der Waals surface area contributed by atoms with Crippen LogP contribution in [0.15, 0.2) is 30.5 Å². The number of carbonyl (C=O) groups excluding carboxylic acids is 1. The summed E-state index contributed by atoms with van der Waals surface area (Å²) in [7, 11) is 0. The highest BCUT2D eigenvalue weighted by atomic mass is 16.7. The molecule has 84 valence electrons. The average molecular weight is 218 g/mol. The molecular formula is C13H14O3. The fraction of sp³-hybridized carbons (Fsp3) is 0.308. The first-order valence-electron chi connectivity index (χ1n) is 5.18. The summed E-state index contributed by atoms with van der Waals surface area (Å²) in [5.41, 5.74) is 2.41. The van der Waals surface area contributed by atoms with Crippen LogP contribution in [0, 0.1) is 0 Å². The van der Waals surface area contributed by atoms with Crippen molar-refractivity contribution in [2.45, 2.75) is 19.6 Å². The minimum Gasteiger partial charge on any atom is -0.470 e. The minimum absolute atomic E-state index is 0.456. The van der Waals surface area contributed by atoms with Crippen LogP contribution in [-0.4, -0.2) is 18.7 Å². The SMILES string of the molecule is CC1(C)OC=C(c2ccccc2C=O)CO1. The molecule has 16 heavy (non-hydrogen) atoms. The fourth-order valence-corrected chi connectivity index (χ4v) is 1.57. The van der Waals surface area contributed by atoms with Gasteiger partial charge in [0.1, 0.15) is 0 Å². The maximum absolute atomic E-state index is 10.9. The van der Waals surface area contributed by atoms with Gasteiger partial charge in [0.05, 0.1) is 12.9 Å². The molecule has 1 aliphatic rings. The number of hydrogen-bond acceptors (Lipinski definition) is 3. The molecule has 1 heterocycles. The van der Waals surface area contributed by atoms with Crippen molar-refractivity contribution in [1.82, 2.24) is 0 Å². The number of aldehydes is 1. The maximum Gasteiger partial charge on any atom is 0.204 e. The number of carbonyl (C=O) groups is 1. The van der Waals surface area contributed by atoms with E-state index in [4.69, 9.17) is 9.47 Å². The molecule has 3 heteroatoms. The normalized spacial score (nSPS) is 18.5. The van der Waals surface area contributed by atoms with Crippen molar-refractivity contribution in [1.29, 1.82) is 0 Å².